The minimum atomic E-state index is 0.169. The first kappa shape index (κ1) is 13.1. The van der Waals surface area contributed by atoms with Gasteiger partial charge in [-0.2, -0.15) is 0 Å². The van der Waals surface area contributed by atoms with Crippen LogP contribution in [-0.4, -0.2) is 5.78 Å². The van der Waals surface area contributed by atoms with Crippen molar-refractivity contribution in [3.05, 3.63) is 47.0 Å². The summed E-state index contributed by atoms with van der Waals surface area (Å²) < 4.78 is 0. The van der Waals surface area contributed by atoms with Crippen molar-refractivity contribution in [3.8, 4) is 0 Å². The lowest BCUT2D eigenvalue weighted by Gasteiger charge is -2.13. The van der Waals surface area contributed by atoms with Gasteiger partial charge in [-0.05, 0) is 43.2 Å². The molecule has 1 aromatic carbocycles. The molecule has 0 heterocycles. The topological polar surface area (TPSA) is 17.1 Å². The van der Waals surface area contributed by atoms with E-state index in [0.29, 0.717) is 5.92 Å². The average Bonchev–Trinajstić information content (AvgIpc) is 2.40. The van der Waals surface area contributed by atoms with Crippen molar-refractivity contribution >= 4 is 5.78 Å². The zero-order valence-corrected chi connectivity index (χ0v) is 11.4. The van der Waals surface area contributed by atoms with E-state index < -0.39 is 0 Å². The normalized spacial score (nSPS) is 15.8. The minimum Gasteiger partial charge on any atom is -0.289 e. The van der Waals surface area contributed by atoms with Gasteiger partial charge in [0.15, 0.2) is 5.78 Å². The molecule has 0 unspecified atom stereocenters. The number of hydrogen-bond donors (Lipinski definition) is 0. The second kappa shape index (κ2) is 5.99. The van der Waals surface area contributed by atoms with Gasteiger partial charge in [-0.3, -0.25) is 4.79 Å². The Kier molecular flexibility index (Phi) is 4.35. The quantitative estimate of drug-likeness (QED) is 0.545. The maximum Gasteiger partial charge on any atom is 0.185 e. The van der Waals surface area contributed by atoms with Crippen molar-refractivity contribution < 1.29 is 4.79 Å². The van der Waals surface area contributed by atoms with Crippen LogP contribution >= 0.6 is 0 Å². The smallest absolute Gasteiger partial charge is 0.185 e. The van der Waals surface area contributed by atoms with E-state index in [9.17, 15) is 4.79 Å². The van der Waals surface area contributed by atoms with Crippen LogP contribution in [0.1, 0.15) is 67.8 Å². The van der Waals surface area contributed by atoms with Crippen LogP contribution in [0.4, 0.5) is 0 Å². The molecule has 1 aliphatic rings. The first-order valence-electron chi connectivity index (χ1n) is 7.00. The molecule has 0 radical (unpaired) electrons. The number of carbonyl (C=O) groups is 1. The van der Waals surface area contributed by atoms with E-state index in [2.05, 4.69) is 26.0 Å². The van der Waals surface area contributed by atoms with E-state index in [1.165, 1.54) is 30.4 Å². The van der Waals surface area contributed by atoms with E-state index >= 15 is 0 Å². The van der Waals surface area contributed by atoms with Crippen molar-refractivity contribution in [1.29, 1.82) is 0 Å². The first-order valence-corrected chi connectivity index (χ1v) is 7.00. The highest BCUT2D eigenvalue weighted by Gasteiger charge is 2.09. The van der Waals surface area contributed by atoms with Crippen LogP contribution in [0, 0.1) is 0 Å². The lowest BCUT2D eigenvalue weighted by molar-refractivity contribution is 0.104. The predicted octanol–water partition coefficient (Wildman–Crippen LogP) is 4.88. The van der Waals surface area contributed by atoms with Gasteiger partial charge in [0, 0.05) is 5.56 Å². The molecule has 1 heteroatoms. The molecule has 96 valence electrons. The van der Waals surface area contributed by atoms with Crippen LogP contribution in [0.25, 0.3) is 0 Å². The summed E-state index contributed by atoms with van der Waals surface area (Å²) >= 11 is 0. The largest absolute Gasteiger partial charge is 0.289 e. The Morgan fingerprint density at radius 1 is 1.06 bits per heavy atom. The summed E-state index contributed by atoms with van der Waals surface area (Å²) in [5.74, 6) is 0.688. The number of ketones is 1. The van der Waals surface area contributed by atoms with Crippen molar-refractivity contribution in [1.82, 2.24) is 0 Å². The lowest BCUT2D eigenvalue weighted by atomic mass is 9.93. The first-order chi connectivity index (χ1) is 8.66. The van der Waals surface area contributed by atoms with Gasteiger partial charge in [0.2, 0.25) is 0 Å². The van der Waals surface area contributed by atoms with Crippen LogP contribution in [0.15, 0.2) is 35.9 Å². The molecule has 0 aliphatic heterocycles. The highest BCUT2D eigenvalue weighted by Crippen LogP contribution is 2.23. The summed E-state index contributed by atoms with van der Waals surface area (Å²) in [4.78, 5) is 12.1. The molecule has 0 saturated heterocycles. The molecule has 0 N–H and O–H groups in total. The Labute approximate surface area is 110 Å². The Hall–Kier alpha value is -1.37. The van der Waals surface area contributed by atoms with E-state index in [1.54, 1.807) is 0 Å². The van der Waals surface area contributed by atoms with Crippen molar-refractivity contribution in [3.63, 3.8) is 0 Å². The van der Waals surface area contributed by atoms with Gasteiger partial charge in [0.1, 0.15) is 0 Å². The summed E-state index contributed by atoms with van der Waals surface area (Å²) in [6.45, 7) is 4.33. The van der Waals surface area contributed by atoms with Crippen LogP contribution in [0.5, 0.6) is 0 Å². The van der Waals surface area contributed by atoms with Crippen molar-refractivity contribution in [2.75, 3.05) is 0 Å². The van der Waals surface area contributed by atoms with Crippen LogP contribution < -0.4 is 0 Å². The minimum absolute atomic E-state index is 0.169. The Bertz CT molecular complexity index is 429. The molecule has 2 rings (SSSR count). The fourth-order valence-electron chi connectivity index (χ4n) is 2.45. The van der Waals surface area contributed by atoms with Gasteiger partial charge in [-0.1, -0.05) is 50.1 Å². The molecular weight excluding hydrogens is 220 g/mol. The van der Waals surface area contributed by atoms with E-state index in [-0.39, 0.29) is 5.78 Å². The fourth-order valence-corrected chi connectivity index (χ4v) is 2.45. The number of hydrogen-bond acceptors (Lipinski definition) is 1. The molecule has 1 fully saturated rings. The van der Waals surface area contributed by atoms with Gasteiger partial charge in [0.25, 0.3) is 0 Å². The van der Waals surface area contributed by atoms with Gasteiger partial charge in [-0.25, -0.2) is 0 Å². The van der Waals surface area contributed by atoms with Gasteiger partial charge < -0.3 is 0 Å². The molecule has 0 amide bonds. The second-order valence-electron chi connectivity index (χ2n) is 5.50. The monoisotopic (exact) mass is 242 g/mol. The summed E-state index contributed by atoms with van der Waals surface area (Å²) in [6.07, 6.45) is 7.88. The Morgan fingerprint density at radius 3 is 2.22 bits per heavy atom. The highest BCUT2D eigenvalue weighted by molar-refractivity contribution is 6.04. The molecule has 0 spiro atoms. The van der Waals surface area contributed by atoms with E-state index in [1.807, 2.05) is 18.2 Å². The van der Waals surface area contributed by atoms with Crippen LogP contribution in [-0.2, 0) is 0 Å². The standard InChI is InChI=1S/C17H22O/c1-13(2)15-8-10-16(11-9-15)17(18)12-14-6-4-3-5-7-14/h8-13H,3-7H2,1-2H3. The molecule has 0 atom stereocenters. The summed E-state index contributed by atoms with van der Waals surface area (Å²) in [5, 5.41) is 0. The number of carbonyl (C=O) groups excluding carboxylic acids is 1. The molecule has 1 aromatic rings. The van der Waals surface area contributed by atoms with Gasteiger partial charge in [-0.15, -0.1) is 0 Å². The zero-order chi connectivity index (χ0) is 13.0. The molecule has 1 aliphatic carbocycles. The molecule has 0 bridgehead atoms. The SMILES string of the molecule is CC(C)c1ccc(C(=O)C=C2CCCCC2)cc1. The van der Waals surface area contributed by atoms with Gasteiger partial charge in [0.05, 0.1) is 0 Å². The molecule has 1 nitrogen and oxygen atoms in total. The molecule has 0 aromatic heterocycles. The van der Waals surface area contributed by atoms with Gasteiger partial charge >= 0.3 is 0 Å². The van der Waals surface area contributed by atoms with Crippen molar-refractivity contribution in [2.24, 2.45) is 0 Å². The summed E-state index contributed by atoms with van der Waals surface area (Å²) in [6, 6.07) is 8.05. The van der Waals surface area contributed by atoms with E-state index in [0.717, 1.165) is 18.4 Å². The zero-order valence-electron chi connectivity index (χ0n) is 11.4. The maximum absolute atomic E-state index is 12.1. The molecule has 18 heavy (non-hydrogen) atoms. The average molecular weight is 242 g/mol. The number of allylic oxidation sites excluding steroid dienone is 2. The molecular formula is C17H22O. The maximum atomic E-state index is 12.1. The van der Waals surface area contributed by atoms with Crippen molar-refractivity contribution in [2.45, 2.75) is 51.9 Å². The third kappa shape index (κ3) is 3.32. The third-order valence-corrected chi connectivity index (χ3v) is 3.69. The summed E-state index contributed by atoms with van der Waals surface area (Å²) in [5.41, 5.74) is 3.44. The molecule has 1 saturated carbocycles. The van der Waals surface area contributed by atoms with E-state index in [4.69, 9.17) is 0 Å². The highest BCUT2D eigenvalue weighted by atomic mass is 16.1. The fraction of sp³-hybridized carbons (Fsp3) is 0.471. The summed E-state index contributed by atoms with van der Waals surface area (Å²) in [7, 11) is 0. The predicted molar refractivity (Wildman–Crippen MR) is 76.0 cm³/mol. The number of rotatable bonds is 3. The lowest BCUT2D eigenvalue weighted by Crippen LogP contribution is -2.00. The second-order valence-corrected chi connectivity index (χ2v) is 5.50. The third-order valence-electron chi connectivity index (χ3n) is 3.69. The number of benzene rings is 1. The van der Waals surface area contributed by atoms with Crippen LogP contribution in [0.3, 0.4) is 0 Å². The van der Waals surface area contributed by atoms with Crippen LogP contribution in [0.2, 0.25) is 0 Å². The Morgan fingerprint density at radius 2 is 1.67 bits per heavy atom. The Balaban J connectivity index is 2.08.